The van der Waals surface area contributed by atoms with Gasteiger partial charge >= 0.3 is 0 Å². The highest BCUT2D eigenvalue weighted by Gasteiger charge is 2.48. The van der Waals surface area contributed by atoms with Gasteiger partial charge in [0.15, 0.2) is 23.1 Å². The van der Waals surface area contributed by atoms with E-state index >= 15 is 0 Å². The van der Waals surface area contributed by atoms with Crippen LogP contribution in [0.5, 0.6) is 11.5 Å². The first kappa shape index (κ1) is 28.8. The first-order chi connectivity index (χ1) is 19.4. The average molecular weight is 559 g/mol. The molecule has 0 fully saturated rings. The Bertz CT molecular complexity index is 1420. The maximum Gasteiger partial charge on any atom is 0.165 e. The van der Waals surface area contributed by atoms with Crippen molar-refractivity contribution < 1.29 is 28.2 Å². The van der Waals surface area contributed by atoms with Gasteiger partial charge in [0, 0.05) is 53.9 Å². The van der Waals surface area contributed by atoms with Crippen LogP contribution in [0.1, 0.15) is 82.9 Å². The summed E-state index contributed by atoms with van der Waals surface area (Å²) in [6.07, 6.45) is 4.25. The Hall–Kier alpha value is -3.67. The lowest BCUT2D eigenvalue weighted by molar-refractivity contribution is -0.120. The van der Waals surface area contributed by atoms with Gasteiger partial charge in [-0.1, -0.05) is 58.0 Å². The lowest BCUT2D eigenvalue weighted by Crippen LogP contribution is -2.37. The fraction of sp³-hybridized carbons (Fsp3) is 0.429. The Morgan fingerprint density at radius 2 is 1.54 bits per heavy atom. The summed E-state index contributed by atoms with van der Waals surface area (Å²) in [4.78, 5) is 27.5. The smallest absolute Gasteiger partial charge is 0.165 e. The number of halogens is 1. The normalized spacial score (nSPS) is 19.9. The number of ketones is 2. The topological polar surface area (TPSA) is 61.8 Å². The molecule has 216 valence electrons. The van der Waals surface area contributed by atoms with Gasteiger partial charge in [0.05, 0.1) is 6.61 Å². The Morgan fingerprint density at radius 1 is 0.927 bits per heavy atom. The number of rotatable bonds is 8. The summed E-state index contributed by atoms with van der Waals surface area (Å²) in [5, 5.41) is 0. The summed E-state index contributed by atoms with van der Waals surface area (Å²) in [5.74, 6) is 1.45. The van der Waals surface area contributed by atoms with Gasteiger partial charge in [0.2, 0.25) is 0 Å². The molecular weight excluding hydrogens is 519 g/mol. The third kappa shape index (κ3) is 5.74. The molecule has 0 atom stereocenters. The minimum Gasteiger partial charge on any atom is -0.490 e. The largest absolute Gasteiger partial charge is 0.490 e. The molecule has 2 aromatic carbocycles. The molecule has 1 aliphatic heterocycles. The van der Waals surface area contributed by atoms with E-state index in [0.29, 0.717) is 78.4 Å². The summed E-state index contributed by atoms with van der Waals surface area (Å²) in [6.45, 7) is 14.5. The number of ether oxygens (including phenoxy) is 3. The second kappa shape index (κ2) is 11.0. The first-order valence-corrected chi connectivity index (χ1v) is 14.4. The summed E-state index contributed by atoms with van der Waals surface area (Å²) in [6, 6.07) is 10.4. The van der Waals surface area contributed by atoms with Crippen LogP contribution in [-0.2, 0) is 27.4 Å². The summed E-state index contributed by atoms with van der Waals surface area (Å²) in [5.41, 5.74) is 2.69. The van der Waals surface area contributed by atoms with E-state index in [1.54, 1.807) is 24.3 Å². The van der Waals surface area contributed by atoms with Crippen LogP contribution in [0.3, 0.4) is 0 Å². The minimum atomic E-state index is -0.552. The van der Waals surface area contributed by atoms with E-state index in [2.05, 4.69) is 34.3 Å². The predicted molar refractivity (Wildman–Crippen MR) is 156 cm³/mol. The predicted octanol–water partition coefficient (Wildman–Crippen LogP) is 7.93. The number of hydrogen-bond acceptors (Lipinski definition) is 5. The van der Waals surface area contributed by atoms with Gasteiger partial charge < -0.3 is 14.2 Å². The molecule has 0 saturated carbocycles. The van der Waals surface area contributed by atoms with E-state index in [-0.39, 0.29) is 34.8 Å². The van der Waals surface area contributed by atoms with Gasteiger partial charge in [-0.05, 0) is 41.9 Å². The van der Waals surface area contributed by atoms with Crippen molar-refractivity contribution >= 4 is 11.6 Å². The third-order valence-electron chi connectivity index (χ3n) is 8.06. The minimum absolute atomic E-state index is 0.00791. The molecule has 0 spiro atoms. The zero-order valence-electron chi connectivity index (χ0n) is 24.7. The number of allylic oxidation sites excluding steroid dienone is 5. The van der Waals surface area contributed by atoms with Crippen molar-refractivity contribution in [3.05, 3.63) is 94.2 Å². The Labute approximate surface area is 242 Å². The van der Waals surface area contributed by atoms with Crippen molar-refractivity contribution in [2.75, 3.05) is 6.61 Å². The lowest BCUT2D eigenvalue weighted by Gasteiger charge is -2.42. The molecule has 5 nitrogen and oxygen atoms in total. The van der Waals surface area contributed by atoms with Crippen molar-refractivity contribution in [1.82, 2.24) is 0 Å². The molecule has 2 aliphatic carbocycles. The van der Waals surface area contributed by atoms with Crippen molar-refractivity contribution in [2.45, 2.75) is 79.2 Å². The molecule has 3 aliphatic rings. The van der Waals surface area contributed by atoms with Gasteiger partial charge in [0.25, 0.3) is 0 Å². The van der Waals surface area contributed by atoms with Crippen molar-refractivity contribution in [1.29, 1.82) is 0 Å². The number of carbonyl (C=O) groups is 2. The molecule has 0 unspecified atom stereocenters. The van der Waals surface area contributed by atoms with Gasteiger partial charge in [-0.3, -0.25) is 9.59 Å². The van der Waals surface area contributed by atoms with Crippen LogP contribution in [-0.4, -0.2) is 18.2 Å². The van der Waals surface area contributed by atoms with Crippen molar-refractivity contribution in [3.8, 4) is 11.5 Å². The maximum atomic E-state index is 14.4. The molecule has 2 aromatic rings. The first-order valence-electron chi connectivity index (χ1n) is 14.4. The second-order valence-electron chi connectivity index (χ2n) is 12.9. The van der Waals surface area contributed by atoms with Gasteiger partial charge in [-0.15, -0.1) is 6.58 Å². The van der Waals surface area contributed by atoms with Gasteiger partial charge in [-0.25, -0.2) is 4.39 Å². The highest BCUT2D eigenvalue weighted by molar-refractivity contribution is 6.06. The highest BCUT2D eigenvalue weighted by atomic mass is 19.1. The SMILES string of the molecule is C=CCc1cc(C2C3=C(CC(C)(C)CC3=O)OC3=C2C(=O)CC(C)(C)C3)cc(OCC)c1OCc1ccccc1F. The number of benzene rings is 2. The molecule has 0 amide bonds. The third-order valence-corrected chi connectivity index (χ3v) is 8.06. The molecule has 6 heteroatoms. The molecule has 41 heavy (non-hydrogen) atoms. The Balaban J connectivity index is 1.67. The fourth-order valence-corrected chi connectivity index (χ4v) is 6.36. The van der Waals surface area contributed by atoms with E-state index in [1.165, 1.54) is 6.07 Å². The molecular formula is C35H39FO5. The molecule has 5 rings (SSSR count). The second-order valence-corrected chi connectivity index (χ2v) is 12.9. The van der Waals surface area contributed by atoms with E-state index in [0.717, 1.165) is 11.1 Å². The standard InChI is InChI=1S/C35H39FO5/c1-7-11-21-14-23(15-27(39-8-2)33(21)40-20-22-12-9-10-13-24(22)36)30-31-25(37)16-34(3,4)18-28(31)41-29-19-35(5,6)17-26(38)32(29)30/h7,9-10,12-15,30H,1,8,11,16-20H2,2-6H3. The van der Waals surface area contributed by atoms with Gasteiger partial charge in [-0.2, -0.15) is 0 Å². The summed E-state index contributed by atoms with van der Waals surface area (Å²) >= 11 is 0. The summed E-state index contributed by atoms with van der Waals surface area (Å²) < 4.78 is 33.1. The fourth-order valence-electron chi connectivity index (χ4n) is 6.36. The van der Waals surface area contributed by atoms with Crippen LogP contribution in [0.15, 0.2) is 71.7 Å². The zero-order valence-corrected chi connectivity index (χ0v) is 24.7. The Morgan fingerprint density at radius 3 is 2.10 bits per heavy atom. The van der Waals surface area contributed by atoms with Crippen LogP contribution >= 0.6 is 0 Å². The molecule has 0 N–H and O–H groups in total. The maximum absolute atomic E-state index is 14.4. The van der Waals surface area contributed by atoms with Crippen molar-refractivity contribution in [2.24, 2.45) is 10.8 Å². The van der Waals surface area contributed by atoms with E-state index < -0.39 is 5.92 Å². The monoisotopic (exact) mass is 558 g/mol. The quantitative estimate of drug-likeness (QED) is 0.308. The molecule has 0 saturated heterocycles. The van der Waals surface area contributed by atoms with Crippen LogP contribution < -0.4 is 9.47 Å². The van der Waals surface area contributed by atoms with E-state index in [9.17, 15) is 14.0 Å². The Kier molecular flexibility index (Phi) is 7.71. The lowest BCUT2D eigenvalue weighted by atomic mass is 9.65. The summed E-state index contributed by atoms with van der Waals surface area (Å²) in [7, 11) is 0. The van der Waals surface area contributed by atoms with Crippen LogP contribution in [0.2, 0.25) is 0 Å². The van der Waals surface area contributed by atoms with Gasteiger partial charge in [0.1, 0.15) is 23.9 Å². The van der Waals surface area contributed by atoms with Crippen molar-refractivity contribution in [3.63, 3.8) is 0 Å². The van der Waals surface area contributed by atoms with Crippen LogP contribution in [0.4, 0.5) is 4.39 Å². The number of hydrogen-bond donors (Lipinski definition) is 0. The van der Waals surface area contributed by atoms with E-state index in [1.807, 2.05) is 19.1 Å². The average Bonchev–Trinajstić information content (AvgIpc) is 2.86. The zero-order chi connectivity index (χ0) is 29.5. The van der Waals surface area contributed by atoms with E-state index in [4.69, 9.17) is 14.2 Å². The van der Waals surface area contributed by atoms with Crippen LogP contribution in [0.25, 0.3) is 0 Å². The van der Waals surface area contributed by atoms with Crippen LogP contribution in [0, 0.1) is 16.6 Å². The molecule has 0 bridgehead atoms. The highest BCUT2D eigenvalue weighted by Crippen LogP contribution is 2.54. The number of Topliss-reactive ketones (excluding diaryl/α,β-unsaturated/α-hetero) is 2. The molecule has 0 aromatic heterocycles. The molecule has 0 radical (unpaired) electrons. The number of carbonyl (C=O) groups excluding carboxylic acids is 2. The molecule has 1 heterocycles.